The van der Waals surface area contributed by atoms with Gasteiger partial charge in [0.15, 0.2) is 0 Å². The minimum atomic E-state index is 1.18. The van der Waals surface area contributed by atoms with Gasteiger partial charge in [-0.25, -0.2) is 0 Å². The van der Waals surface area contributed by atoms with Gasteiger partial charge >= 0.3 is 0 Å². The Labute approximate surface area is 107 Å². The number of fused-ring (bicyclic) bond motifs is 3. The molecule has 4 rings (SSSR count). The fraction of sp³-hybridized carbons (Fsp3) is 0.111. The van der Waals surface area contributed by atoms with E-state index in [0.717, 1.165) is 0 Å². The number of hydrogen-bond acceptors (Lipinski definition) is 0. The Hall–Kier alpha value is -2.08. The molecule has 0 bridgehead atoms. The Morgan fingerprint density at radius 3 is 2.39 bits per heavy atom. The average Bonchev–Trinajstić information content (AvgIpc) is 2.98. The molecule has 0 fully saturated rings. The van der Waals surface area contributed by atoms with E-state index in [1.165, 1.54) is 46.3 Å². The van der Waals surface area contributed by atoms with Gasteiger partial charge in [-0.2, -0.15) is 0 Å². The van der Waals surface area contributed by atoms with Gasteiger partial charge < -0.3 is 0 Å². The molecule has 0 unspecified atom stereocenters. The van der Waals surface area contributed by atoms with E-state index in [0.29, 0.717) is 0 Å². The van der Waals surface area contributed by atoms with Crippen LogP contribution >= 0.6 is 0 Å². The molecule has 0 amide bonds. The van der Waals surface area contributed by atoms with Gasteiger partial charge in [-0.3, -0.25) is 0 Å². The highest BCUT2D eigenvalue weighted by Gasteiger charge is 2.27. The molecule has 0 heterocycles. The van der Waals surface area contributed by atoms with E-state index in [-0.39, 0.29) is 0 Å². The Kier molecular flexibility index (Phi) is 2.04. The van der Waals surface area contributed by atoms with Crippen molar-refractivity contribution in [1.82, 2.24) is 0 Å². The quantitative estimate of drug-likeness (QED) is 0.660. The van der Waals surface area contributed by atoms with E-state index in [1.54, 1.807) is 0 Å². The van der Waals surface area contributed by atoms with Gasteiger partial charge in [0.1, 0.15) is 0 Å². The molecule has 2 aromatic rings. The first kappa shape index (κ1) is 9.90. The Balaban J connectivity index is 1.96. The molecule has 2 aromatic carbocycles. The maximum Gasteiger partial charge on any atom is -0.0106 e. The van der Waals surface area contributed by atoms with Crippen molar-refractivity contribution in [3.05, 3.63) is 76.9 Å². The summed E-state index contributed by atoms with van der Waals surface area (Å²) in [6.07, 6.45) is 4.73. The lowest BCUT2D eigenvalue weighted by Crippen LogP contribution is -1.85. The van der Waals surface area contributed by atoms with Crippen molar-refractivity contribution in [2.75, 3.05) is 0 Å². The van der Waals surface area contributed by atoms with Crippen molar-refractivity contribution in [2.24, 2.45) is 0 Å². The molecule has 0 heteroatoms. The van der Waals surface area contributed by atoms with E-state index >= 15 is 0 Å². The Bertz CT molecular complexity index is 672. The van der Waals surface area contributed by atoms with Gasteiger partial charge in [0, 0.05) is 0 Å². The lowest BCUT2D eigenvalue weighted by Gasteiger charge is -2.07. The molecule has 86 valence electrons. The standard InChI is InChI=1S/C18H14/c1-2-6-13(7-3-1)17-11-10-15-12-14-8-4-5-9-16(14)18(15)17/h1-9,12H,10-11H2. The average molecular weight is 230 g/mol. The first-order valence-corrected chi connectivity index (χ1v) is 6.52. The first-order chi connectivity index (χ1) is 8.93. The zero-order valence-electron chi connectivity index (χ0n) is 10.2. The first-order valence-electron chi connectivity index (χ1n) is 6.52. The molecule has 0 radical (unpaired) electrons. The molecule has 0 N–H and O–H groups in total. The molecule has 0 aliphatic heterocycles. The summed E-state index contributed by atoms with van der Waals surface area (Å²) in [7, 11) is 0. The normalized spacial score (nSPS) is 16.6. The SMILES string of the molecule is C1=C2CCC(c3ccccc3)=C2c2ccccc21. The summed E-state index contributed by atoms with van der Waals surface area (Å²) in [6, 6.07) is 19.5. The van der Waals surface area contributed by atoms with Crippen LogP contribution in [0.5, 0.6) is 0 Å². The largest absolute Gasteiger partial charge is 0.0622 e. The van der Waals surface area contributed by atoms with Crippen LogP contribution in [0.2, 0.25) is 0 Å². The predicted molar refractivity (Wildman–Crippen MR) is 76.9 cm³/mol. The van der Waals surface area contributed by atoms with Crippen LogP contribution in [0.3, 0.4) is 0 Å². The van der Waals surface area contributed by atoms with E-state index in [4.69, 9.17) is 0 Å². The number of allylic oxidation sites excluding steroid dienone is 3. The summed E-state index contributed by atoms with van der Waals surface area (Å²) < 4.78 is 0. The van der Waals surface area contributed by atoms with E-state index in [1.807, 2.05) is 0 Å². The molecular formula is C18H14. The van der Waals surface area contributed by atoms with Crippen molar-refractivity contribution < 1.29 is 0 Å². The fourth-order valence-corrected chi connectivity index (χ4v) is 3.15. The third-order valence-corrected chi connectivity index (χ3v) is 3.95. The third-order valence-electron chi connectivity index (χ3n) is 3.95. The van der Waals surface area contributed by atoms with E-state index in [2.05, 4.69) is 60.7 Å². The summed E-state index contributed by atoms with van der Waals surface area (Å²) in [5.74, 6) is 0. The molecular weight excluding hydrogens is 216 g/mol. The van der Waals surface area contributed by atoms with Crippen molar-refractivity contribution >= 4 is 17.2 Å². The van der Waals surface area contributed by atoms with Crippen molar-refractivity contribution in [3.8, 4) is 0 Å². The molecule has 2 aliphatic rings. The molecule has 0 nitrogen and oxygen atoms in total. The summed E-state index contributed by atoms with van der Waals surface area (Å²) >= 11 is 0. The highest BCUT2D eigenvalue weighted by atomic mass is 14.3. The predicted octanol–water partition coefficient (Wildman–Crippen LogP) is 4.79. The summed E-state index contributed by atoms with van der Waals surface area (Å²) in [5.41, 5.74) is 8.73. The fourth-order valence-electron chi connectivity index (χ4n) is 3.15. The number of hydrogen-bond donors (Lipinski definition) is 0. The van der Waals surface area contributed by atoms with Gasteiger partial charge in [-0.1, -0.05) is 60.7 Å². The monoisotopic (exact) mass is 230 g/mol. The zero-order valence-corrected chi connectivity index (χ0v) is 10.2. The van der Waals surface area contributed by atoms with E-state index in [9.17, 15) is 0 Å². The zero-order chi connectivity index (χ0) is 11.9. The lowest BCUT2D eigenvalue weighted by atomic mass is 9.97. The van der Waals surface area contributed by atoms with Crippen LogP contribution in [0.25, 0.3) is 17.2 Å². The van der Waals surface area contributed by atoms with Crippen LogP contribution in [-0.4, -0.2) is 0 Å². The van der Waals surface area contributed by atoms with Gasteiger partial charge in [0.25, 0.3) is 0 Å². The minimum Gasteiger partial charge on any atom is -0.0622 e. The summed E-state index contributed by atoms with van der Waals surface area (Å²) in [5, 5.41) is 0. The van der Waals surface area contributed by atoms with Crippen LogP contribution in [-0.2, 0) is 0 Å². The molecule has 0 spiro atoms. The maximum atomic E-state index is 2.36. The maximum absolute atomic E-state index is 2.36. The minimum absolute atomic E-state index is 1.18. The van der Waals surface area contributed by atoms with Gasteiger partial charge in [0.2, 0.25) is 0 Å². The highest BCUT2D eigenvalue weighted by molar-refractivity contribution is 6.08. The smallest absolute Gasteiger partial charge is 0.0106 e. The van der Waals surface area contributed by atoms with Crippen LogP contribution in [0.15, 0.2) is 60.2 Å². The van der Waals surface area contributed by atoms with Gasteiger partial charge in [-0.05, 0) is 46.3 Å². The highest BCUT2D eigenvalue weighted by Crippen LogP contribution is 2.48. The lowest BCUT2D eigenvalue weighted by molar-refractivity contribution is 1.08. The summed E-state index contributed by atoms with van der Waals surface area (Å²) in [4.78, 5) is 0. The van der Waals surface area contributed by atoms with Crippen LogP contribution < -0.4 is 0 Å². The van der Waals surface area contributed by atoms with E-state index < -0.39 is 0 Å². The Morgan fingerprint density at radius 1 is 0.722 bits per heavy atom. The van der Waals surface area contributed by atoms with Crippen molar-refractivity contribution in [2.45, 2.75) is 12.8 Å². The number of benzene rings is 2. The second kappa shape index (κ2) is 3.71. The van der Waals surface area contributed by atoms with Crippen LogP contribution in [0.4, 0.5) is 0 Å². The molecule has 18 heavy (non-hydrogen) atoms. The van der Waals surface area contributed by atoms with Crippen molar-refractivity contribution in [1.29, 1.82) is 0 Å². The molecule has 0 saturated carbocycles. The summed E-state index contributed by atoms with van der Waals surface area (Å²) in [6.45, 7) is 0. The molecule has 2 aliphatic carbocycles. The molecule has 0 aromatic heterocycles. The number of rotatable bonds is 1. The van der Waals surface area contributed by atoms with Crippen LogP contribution in [0, 0.1) is 0 Å². The third kappa shape index (κ3) is 1.32. The second-order valence-corrected chi connectivity index (χ2v) is 4.98. The van der Waals surface area contributed by atoms with Gasteiger partial charge in [0.05, 0.1) is 0 Å². The Morgan fingerprint density at radius 2 is 1.50 bits per heavy atom. The molecule has 0 atom stereocenters. The second-order valence-electron chi connectivity index (χ2n) is 4.98. The van der Waals surface area contributed by atoms with Crippen molar-refractivity contribution in [3.63, 3.8) is 0 Å². The molecule has 0 saturated heterocycles. The van der Waals surface area contributed by atoms with Gasteiger partial charge in [-0.15, -0.1) is 0 Å². The van der Waals surface area contributed by atoms with Crippen LogP contribution in [0.1, 0.15) is 29.5 Å². The topological polar surface area (TPSA) is 0 Å².